The first-order valence-corrected chi connectivity index (χ1v) is 12.4. The Kier molecular flexibility index (Phi) is 7.95. The summed E-state index contributed by atoms with van der Waals surface area (Å²) in [6.45, 7) is 5.33. The van der Waals surface area contributed by atoms with E-state index in [1.807, 2.05) is 48.5 Å². The maximum atomic E-state index is 12.6. The molecule has 0 aliphatic heterocycles. The van der Waals surface area contributed by atoms with Gasteiger partial charge in [0.05, 0.1) is 0 Å². The number of hydrogen-bond acceptors (Lipinski definition) is 6. The molecular formula is C29H31N3O6. The van der Waals surface area contributed by atoms with Crippen LogP contribution in [0.15, 0.2) is 66.9 Å². The van der Waals surface area contributed by atoms with Crippen LogP contribution in [0, 0.1) is 0 Å². The van der Waals surface area contributed by atoms with Crippen molar-refractivity contribution in [2.24, 2.45) is 0 Å². The largest absolute Gasteiger partial charge is 0.480 e. The van der Waals surface area contributed by atoms with Gasteiger partial charge < -0.3 is 19.9 Å². The number of rotatable bonds is 8. The number of alkyl carbamates (subject to hydrolysis) is 1. The van der Waals surface area contributed by atoms with Gasteiger partial charge in [0, 0.05) is 12.1 Å². The highest BCUT2D eigenvalue weighted by atomic mass is 16.6. The minimum atomic E-state index is -1.19. The highest BCUT2D eigenvalue weighted by Crippen LogP contribution is 2.44. The van der Waals surface area contributed by atoms with Crippen LogP contribution >= 0.6 is 0 Å². The van der Waals surface area contributed by atoms with Crippen molar-refractivity contribution >= 4 is 24.0 Å². The van der Waals surface area contributed by atoms with E-state index in [1.54, 1.807) is 32.9 Å². The average Bonchev–Trinajstić information content (AvgIpc) is 3.18. The summed E-state index contributed by atoms with van der Waals surface area (Å²) in [5, 5.41) is 14.8. The van der Waals surface area contributed by atoms with Gasteiger partial charge in [0.2, 0.25) is 0 Å². The highest BCUT2D eigenvalue weighted by Gasteiger charge is 2.30. The minimum Gasteiger partial charge on any atom is -0.480 e. The highest BCUT2D eigenvalue weighted by molar-refractivity contribution is 5.85. The molecule has 3 N–H and O–H groups in total. The van der Waals surface area contributed by atoms with Crippen molar-refractivity contribution in [1.29, 1.82) is 0 Å². The van der Waals surface area contributed by atoms with Crippen molar-refractivity contribution < 1.29 is 29.0 Å². The number of fused-ring (bicyclic) bond motifs is 3. The monoisotopic (exact) mass is 517 g/mol. The first-order chi connectivity index (χ1) is 18.1. The molecule has 9 nitrogen and oxygen atoms in total. The van der Waals surface area contributed by atoms with E-state index >= 15 is 0 Å². The van der Waals surface area contributed by atoms with E-state index in [0.717, 1.165) is 22.3 Å². The second-order valence-corrected chi connectivity index (χ2v) is 10.0. The standard InChI is InChI=1S/C29H31N3O6/c1-29(2,3)38-28(36)32-25-18(9-8-16-30-25)14-15-24(26(33)34)31-27(35)37-17-23-21-12-6-4-10-19(21)20-11-5-7-13-22(20)23/h4-13,16,23-24H,14-15,17H2,1-3H3,(H,31,35)(H,33,34)(H,30,32,36)/t24-/m0/s1. The zero-order valence-corrected chi connectivity index (χ0v) is 21.6. The van der Waals surface area contributed by atoms with Crippen LogP contribution in [0.5, 0.6) is 0 Å². The smallest absolute Gasteiger partial charge is 0.413 e. The Hall–Kier alpha value is -4.40. The molecule has 9 heteroatoms. The maximum Gasteiger partial charge on any atom is 0.413 e. The van der Waals surface area contributed by atoms with Crippen LogP contribution in [0.1, 0.15) is 49.8 Å². The Balaban J connectivity index is 1.36. The normalized spacial score (nSPS) is 13.1. The summed E-state index contributed by atoms with van der Waals surface area (Å²) >= 11 is 0. The van der Waals surface area contributed by atoms with Crippen LogP contribution < -0.4 is 10.6 Å². The third kappa shape index (κ3) is 6.47. The average molecular weight is 518 g/mol. The molecule has 0 unspecified atom stereocenters. The Labute approximate surface area is 221 Å². The Bertz CT molecular complexity index is 1290. The Morgan fingerprint density at radius 3 is 2.18 bits per heavy atom. The second-order valence-electron chi connectivity index (χ2n) is 10.0. The number of carbonyl (C=O) groups excluding carboxylic acids is 2. The number of amides is 2. The van der Waals surface area contributed by atoms with E-state index in [0.29, 0.717) is 5.56 Å². The fourth-order valence-corrected chi connectivity index (χ4v) is 4.49. The predicted molar refractivity (Wildman–Crippen MR) is 142 cm³/mol. The summed E-state index contributed by atoms with van der Waals surface area (Å²) in [4.78, 5) is 40.8. The number of ether oxygens (including phenoxy) is 2. The molecule has 198 valence electrons. The van der Waals surface area contributed by atoms with E-state index in [1.165, 1.54) is 6.20 Å². The molecule has 0 radical (unpaired) electrons. The number of anilines is 1. The number of nitrogens with zero attached hydrogens (tertiary/aromatic N) is 1. The molecule has 1 aliphatic rings. The van der Waals surface area contributed by atoms with Gasteiger partial charge in [-0.3, -0.25) is 5.32 Å². The summed E-state index contributed by atoms with van der Waals surface area (Å²) in [7, 11) is 0. The fourth-order valence-electron chi connectivity index (χ4n) is 4.49. The number of carbonyl (C=O) groups is 3. The molecule has 0 saturated heterocycles. The summed E-state index contributed by atoms with van der Waals surface area (Å²) < 4.78 is 10.8. The zero-order chi connectivity index (χ0) is 27.3. The molecule has 2 aromatic carbocycles. The van der Waals surface area contributed by atoms with Crippen molar-refractivity contribution in [3.05, 3.63) is 83.6 Å². The number of benzene rings is 2. The Morgan fingerprint density at radius 2 is 1.58 bits per heavy atom. The van der Waals surface area contributed by atoms with E-state index < -0.39 is 29.8 Å². The lowest BCUT2D eigenvalue weighted by Crippen LogP contribution is -2.41. The number of aliphatic carboxylic acids is 1. The van der Waals surface area contributed by atoms with Crippen molar-refractivity contribution in [1.82, 2.24) is 10.3 Å². The van der Waals surface area contributed by atoms with Crippen LogP contribution in [0.25, 0.3) is 11.1 Å². The second kappa shape index (κ2) is 11.3. The molecule has 2 amide bonds. The molecule has 0 bridgehead atoms. The predicted octanol–water partition coefficient (Wildman–Crippen LogP) is 5.35. The number of carboxylic acid groups (broad SMARTS) is 1. The van der Waals surface area contributed by atoms with Gasteiger partial charge in [-0.1, -0.05) is 54.6 Å². The zero-order valence-electron chi connectivity index (χ0n) is 21.6. The summed E-state index contributed by atoms with van der Waals surface area (Å²) in [6, 6.07) is 18.2. The van der Waals surface area contributed by atoms with E-state index in [4.69, 9.17) is 9.47 Å². The first-order valence-electron chi connectivity index (χ1n) is 12.4. The van der Waals surface area contributed by atoms with Crippen LogP contribution in [0.2, 0.25) is 0 Å². The fraction of sp³-hybridized carbons (Fsp3) is 0.310. The molecule has 0 spiro atoms. The van der Waals surface area contributed by atoms with Crippen LogP contribution in [-0.4, -0.2) is 46.5 Å². The van der Waals surface area contributed by atoms with Gasteiger partial charge in [0.15, 0.2) is 0 Å². The molecular weight excluding hydrogens is 486 g/mol. The minimum absolute atomic E-state index is 0.0637. The van der Waals surface area contributed by atoms with E-state index in [-0.39, 0.29) is 31.2 Å². The van der Waals surface area contributed by atoms with Crippen LogP contribution in [0.4, 0.5) is 15.4 Å². The topological polar surface area (TPSA) is 127 Å². The van der Waals surface area contributed by atoms with Gasteiger partial charge in [-0.05, 0) is 67.5 Å². The number of carboxylic acids is 1. The van der Waals surface area contributed by atoms with Crippen molar-refractivity contribution in [2.75, 3.05) is 11.9 Å². The van der Waals surface area contributed by atoms with E-state index in [9.17, 15) is 19.5 Å². The van der Waals surface area contributed by atoms with E-state index in [2.05, 4.69) is 15.6 Å². The summed E-state index contributed by atoms with van der Waals surface area (Å²) in [6.07, 6.45) is 0.342. The van der Waals surface area contributed by atoms with Gasteiger partial charge >= 0.3 is 18.2 Å². The van der Waals surface area contributed by atoms with Gasteiger partial charge in [-0.25, -0.2) is 19.4 Å². The maximum absolute atomic E-state index is 12.6. The third-order valence-corrected chi connectivity index (χ3v) is 6.15. The quantitative estimate of drug-likeness (QED) is 0.367. The molecule has 1 aromatic heterocycles. The molecule has 0 saturated carbocycles. The molecule has 1 atom stereocenters. The molecule has 3 aromatic rings. The van der Waals surface area contributed by atoms with Crippen LogP contribution in [0.3, 0.4) is 0 Å². The number of aromatic nitrogens is 1. The van der Waals surface area contributed by atoms with Gasteiger partial charge in [0.25, 0.3) is 0 Å². The van der Waals surface area contributed by atoms with Crippen LogP contribution in [-0.2, 0) is 20.7 Å². The third-order valence-electron chi connectivity index (χ3n) is 6.15. The number of nitrogens with one attached hydrogen (secondary N) is 2. The lowest BCUT2D eigenvalue weighted by molar-refractivity contribution is -0.139. The Morgan fingerprint density at radius 1 is 0.947 bits per heavy atom. The summed E-state index contributed by atoms with van der Waals surface area (Å²) in [5.41, 5.74) is 4.27. The summed E-state index contributed by atoms with van der Waals surface area (Å²) in [5.74, 6) is -1.05. The van der Waals surface area contributed by atoms with Crippen molar-refractivity contribution in [3.8, 4) is 11.1 Å². The van der Waals surface area contributed by atoms with Crippen molar-refractivity contribution in [3.63, 3.8) is 0 Å². The van der Waals surface area contributed by atoms with Crippen molar-refractivity contribution in [2.45, 2.75) is 51.2 Å². The molecule has 1 aliphatic carbocycles. The molecule has 4 rings (SSSR count). The number of hydrogen-bond donors (Lipinski definition) is 3. The van der Waals surface area contributed by atoms with Gasteiger partial charge in [-0.2, -0.15) is 0 Å². The van der Waals surface area contributed by atoms with Gasteiger partial charge in [0.1, 0.15) is 24.1 Å². The number of pyridine rings is 1. The SMILES string of the molecule is CC(C)(C)OC(=O)Nc1ncccc1CC[C@H](NC(=O)OCC1c2ccccc2-c2ccccc21)C(=O)O. The first kappa shape index (κ1) is 26.7. The lowest BCUT2D eigenvalue weighted by atomic mass is 9.98. The molecule has 1 heterocycles. The number of aryl methyl sites for hydroxylation is 1. The van der Waals surface area contributed by atoms with Gasteiger partial charge in [-0.15, -0.1) is 0 Å². The molecule has 0 fully saturated rings. The molecule has 38 heavy (non-hydrogen) atoms. The lowest BCUT2D eigenvalue weighted by Gasteiger charge is -2.20.